The molecule has 0 saturated carbocycles. The van der Waals surface area contributed by atoms with E-state index in [0.29, 0.717) is 18.8 Å². The second kappa shape index (κ2) is 6.68. The monoisotopic (exact) mass is 327 g/mol. The summed E-state index contributed by atoms with van der Waals surface area (Å²) in [5.74, 6) is 0.918. The molecule has 2 N–H and O–H groups in total. The Morgan fingerprint density at radius 1 is 1.38 bits per heavy atom. The van der Waals surface area contributed by atoms with Gasteiger partial charge < -0.3 is 10.1 Å². The normalized spacial score (nSPS) is 19.9. The van der Waals surface area contributed by atoms with E-state index in [1.54, 1.807) is 6.20 Å². The highest BCUT2D eigenvalue weighted by molar-refractivity contribution is 5.94. The number of aryl methyl sites for hydroxylation is 1. The summed E-state index contributed by atoms with van der Waals surface area (Å²) in [6.07, 6.45) is 6.84. The molecule has 1 amide bonds. The van der Waals surface area contributed by atoms with Crippen LogP contribution in [0.2, 0.25) is 0 Å². The molecule has 1 saturated heterocycles. The summed E-state index contributed by atoms with van der Waals surface area (Å²) in [7, 11) is 0. The maximum absolute atomic E-state index is 12.4. The second-order valence-electron chi connectivity index (χ2n) is 6.39. The minimum Gasteiger partial charge on any atom is -0.381 e. The van der Waals surface area contributed by atoms with Crippen molar-refractivity contribution < 1.29 is 9.53 Å². The van der Waals surface area contributed by atoms with Crippen molar-refractivity contribution in [1.82, 2.24) is 25.5 Å². The molecule has 2 aromatic rings. The number of ether oxygens (including phenoxy) is 1. The number of nitrogens with one attached hydrogen (secondary N) is 2. The van der Waals surface area contributed by atoms with Crippen molar-refractivity contribution in [3.8, 4) is 0 Å². The third-order valence-corrected chi connectivity index (χ3v) is 4.71. The average Bonchev–Trinajstić information content (AvgIpc) is 3.24. The molecule has 1 aliphatic heterocycles. The Morgan fingerprint density at radius 3 is 3.21 bits per heavy atom. The van der Waals surface area contributed by atoms with E-state index in [-0.39, 0.29) is 11.8 Å². The molecule has 7 heteroatoms. The van der Waals surface area contributed by atoms with Crippen LogP contribution in [-0.4, -0.2) is 39.3 Å². The van der Waals surface area contributed by atoms with Gasteiger partial charge in [-0.2, -0.15) is 5.10 Å². The summed E-state index contributed by atoms with van der Waals surface area (Å²) in [6.45, 7) is 1.87. The van der Waals surface area contributed by atoms with E-state index < -0.39 is 0 Å². The number of carbonyl (C=O) groups is 1. The van der Waals surface area contributed by atoms with Crippen LogP contribution in [0.3, 0.4) is 0 Å². The van der Waals surface area contributed by atoms with Crippen LogP contribution in [0.15, 0.2) is 12.3 Å². The van der Waals surface area contributed by atoms with Gasteiger partial charge in [0.1, 0.15) is 5.82 Å². The molecule has 2 aliphatic rings. The highest BCUT2D eigenvalue weighted by atomic mass is 16.5. The molecule has 0 radical (unpaired) electrons. The molecule has 1 fully saturated rings. The first-order valence-corrected chi connectivity index (χ1v) is 8.55. The first-order chi connectivity index (χ1) is 11.8. The summed E-state index contributed by atoms with van der Waals surface area (Å²) < 4.78 is 5.50. The Hall–Kier alpha value is -2.28. The van der Waals surface area contributed by atoms with Gasteiger partial charge in [0.05, 0.1) is 18.8 Å². The van der Waals surface area contributed by atoms with Crippen molar-refractivity contribution in [2.45, 2.75) is 44.6 Å². The van der Waals surface area contributed by atoms with Crippen molar-refractivity contribution in [3.05, 3.63) is 40.7 Å². The number of carbonyl (C=O) groups excluding carboxylic acids is 1. The smallest absolute Gasteiger partial charge is 0.272 e. The van der Waals surface area contributed by atoms with Gasteiger partial charge in [-0.05, 0) is 38.2 Å². The van der Waals surface area contributed by atoms with E-state index in [9.17, 15) is 4.79 Å². The molecule has 4 rings (SSSR count). The molecule has 1 atom stereocenters. The third-order valence-electron chi connectivity index (χ3n) is 4.71. The zero-order valence-corrected chi connectivity index (χ0v) is 13.5. The Balaban J connectivity index is 1.41. The molecule has 0 aromatic carbocycles. The lowest BCUT2D eigenvalue weighted by molar-refractivity contribution is 0.0779. The van der Waals surface area contributed by atoms with E-state index in [4.69, 9.17) is 4.74 Å². The molecule has 0 unspecified atom stereocenters. The fraction of sp³-hybridized carbons (Fsp3) is 0.529. The lowest BCUT2D eigenvalue weighted by Crippen LogP contribution is -2.25. The van der Waals surface area contributed by atoms with Crippen molar-refractivity contribution in [1.29, 1.82) is 0 Å². The maximum Gasteiger partial charge on any atom is 0.272 e. The lowest BCUT2D eigenvalue weighted by Gasteiger charge is -2.20. The van der Waals surface area contributed by atoms with Crippen molar-refractivity contribution in [2.24, 2.45) is 0 Å². The standard InChI is InChI=1S/C17H21N5O2/c23-17(15-13-4-1-5-14(13)21-22-15)19-9-12-6-7-18-16(20-12)11-3-2-8-24-10-11/h6-7,11H,1-5,8-10H2,(H,19,23)(H,21,22)/t11-/m1/s1. The van der Waals surface area contributed by atoms with Crippen molar-refractivity contribution >= 4 is 5.91 Å². The molecule has 1 aliphatic carbocycles. The largest absolute Gasteiger partial charge is 0.381 e. The van der Waals surface area contributed by atoms with Crippen LogP contribution >= 0.6 is 0 Å². The molecule has 7 nitrogen and oxygen atoms in total. The zero-order chi connectivity index (χ0) is 16.4. The van der Waals surface area contributed by atoms with Gasteiger partial charge in [0, 0.05) is 30.0 Å². The Labute approximate surface area is 140 Å². The quantitative estimate of drug-likeness (QED) is 0.888. The van der Waals surface area contributed by atoms with Gasteiger partial charge in [0.2, 0.25) is 0 Å². The summed E-state index contributed by atoms with van der Waals surface area (Å²) >= 11 is 0. The molecule has 24 heavy (non-hydrogen) atoms. The number of hydrogen-bond donors (Lipinski definition) is 2. The first kappa shape index (κ1) is 15.3. The molecule has 3 heterocycles. The number of aromatic nitrogens is 4. The predicted octanol–water partition coefficient (Wildman–Crippen LogP) is 1.51. The van der Waals surface area contributed by atoms with Crippen LogP contribution in [0.5, 0.6) is 0 Å². The number of fused-ring (bicyclic) bond motifs is 1. The van der Waals surface area contributed by atoms with Crippen LogP contribution in [-0.2, 0) is 24.1 Å². The number of aromatic amines is 1. The average molecular weight is 327 g/mol. The van der Waals surface area contributed by atoms with Crippen LogP contribution in [0.1, 0.15) is 58.4 Å². The molecule has 0 bridgehead atoms. The van der Waals surface area contributed by atoms with Gasteiger partial charge in [-0.15, -0.1) is 0 Å². The van der Waals surface area contributed by atoms with E-state index in [2.05, 4.69) is 25.5 Å². The fourth-order valence-electron chi connectivity index (χ4n) is 3.41. The lowest BCUT2D eigenvalue weighted by atomic mass is 10.0. The second-order valence-corrected chi connectivity index (χ2v) is 6.39. The zero-order valence-electron chi connectivity index (χ0n) is 13.5. The molecular formula is C17H21N5O2. The number of amides is 1. The Kier molecular flexibility index (Phi) is 4.25. The van der Waals surface area contributed by atoms with Crippen molar-refractivity contribution in [3.63, 3.8) is 0 Å². The topological polar surface area (TPSA) is 92.8 Å². The molecule has 126 valence electrons. The van der Waals surface area contributed by atoms with Gasteiger partial charge >= 0.3 is 0 Å². The number of nitrogens with zero attached hydrogens (tertiary/aromatic N) is 3. The Bertz CT molecular complexity index is 736. The summed E-state index contributed by atoms with van der Waals surface area (Å²) in [5.41, 5.74) is 3.50. The highest BCUT2D eigenvalue weighted by Gasteiger charge is 2.23. The summed E-state index contributed by atoms with van der Waals surface area (Å²) in [4.78, 5) is 21.3. The minimum absolute atomic E-state index is 0.143. The number of rotatable bonds is 4. The van der Waals surface area contributed by atoms with Crippen LogP contribution in [0.25, 0.3) is 0 Å². The maximum atomic E-state index is 12.4. The minimum atomic E-state index is -0.143. The summed E-state index contributed by atoms with van der Waals surface area (Å²) in [6, 6.07) is 1.84. The van der Waals surface area contributed by atoms with E-state index in [0.717, 1.165) is 61.5 Å². The van der Waals surface area contributed by atoms with Crippen LogP contribution < -0.4 is 5.32 Å². The van der Waals surface area contributed by atoms with Gasteiger partial charge in [-0.1, -0.05) is 0 Å². The van der Waals surface area contributed by atoms with Gasteiger partial charge in [0.25, 0.3) is 5.91 Å². The Morgan fingerprint density at radius 2 is 2.33 bits per heavy atom. The summed E-state index contributed by atoms with van der Waals surface area (Å²) in [5, 5.41) is 10.0. The van der Waals surface area contributed by atoms with Crippen LogP contribution in [0, 0.1) is 0 Å². The van der Waals surface area contributed by atoms with Gasteiger partial charge in [0.15, 0.2) is 5.69 Å². The van der Waals surface area contributed by atoms with E-state index in [1.807, 2.05) is 6.07 Å². The number of hydrogen-bond acceptors (Lipinski definition) is 5. The first-order valence-electron chi connectivity index (χ1n) is 8.55. The molecule has 2 aromatic heterocycles. The molecule has 0 spiro atoms. The number of H-pyrrole nitrogens is 1. The SMILES string of the molecule is O=C(NCc1ccnc([C@@H]2CCCOC2)n1)c1n[nH]c2c1CCC2. The van der Waals surface area contributed by atoms with Gasteiger partial charge in [-0.25, -0.2) is 9.97 Å². The third kappa shape index (κ3) is 3.03. The highest BCUT2D eigenvalue weighted by Crippen LogP contribution is 2.23. The van der Waals surface area contributed by atoms with E-state index in [1.165, 1.54) is 0 Å². The molecular weight excluding hydrogens is 306 g/mol. The predicted molar refractivity (Wildman–Crippen MR) is 86.6 cm³/mol. The van der Waals surface area contributed by atoms with Gasteiger partial charge in [-0.3, -0.25) is 9.89 Å². The fourth-order valence-corrected chi connectivity index (χ4v) is 3.41. The van der Waals surface area contributed by atoms with Crippen LogP contribution in [0.4, 0.5) is 0 Å². The van der Waals surface area contributed by atoms with E-state index >= 15 is 0 Å². The van der Waals surface area contributed by atoms with Crippen molar-refractivity contribution in [2.75, 3.05) is 13.2 Å².